The van der Waals surface area contributed by atoms with E-state index in [-0.39, 0.29) is 0 Å². The number of nitrogens with zero attached hydrogens (tertiary/aromatic N) is 1. The smallest absolute Gasteiger partial charge is 0.245 e. The van der Waals surface area contributed by atoms with E-state index in [0.29, 0.717) is 10.9 Å². The van der Waals surface area contributed by atoms with Crippen molar-refractivity contribution in [2.24, 2.45) is 0 Å². The van der Waals surface area contributed by atoms with Gasteiger partial charge in [-0.05, 0) is 46.3 Å². The van der Waals surface area contributed by atoms with E-state index in [4.69, 9.17) is 4.74 Å². The molecular weight excluding hydrogens is 290 g/mol. The Bertz CT molecular complexity index is 367. The number of rotatable bonds is 2. The summed E-state index contributed by atoms with van der Waals surface area (Å²) in [6.07, 6.45) is 3.72. The first-order valence-corrected chi connectivity index (χ1v) is 7.60. The number of ether oxygens (including phenoxy) is 1. The summed E-state index contributed by atoms with van der Waals surface area (Å²) in [5, 5.41) is 0.649. The molecule has 5 heteroatoms. The van der Waals surface area contributed by atoms with Gasteiger partial charge in [-0.15, -0.1) is 0 Å². The van der Waals surface area contributed by atoms with Crippen molar-refractivity contribution >= 4 is 27.1 Å². The fraction of sp³-hybridized carbons (Fsp3) is 0.545. The molecule has 1 saturated heterocycles. The van der Waals surface area contributed by atoms with Crippen LogP contribution in [-0.4, -0.2) is 29.0 Å². The largest absolute Gasteiger partial charge is 0.610 e. The van der Waals surface area contributed by atoms with Gasteiger partial charge in [-0.3, -0.25) is 0 Å². The van der Waals surface area contributed by atoms with Gasteiger partial charge in [0.15, 0.2) is 0 Å². The minimum atomic E-state index is -1.03. The summed E-state index contributed by atoms with van der Waals surface area (Å²) >= 11 is 2.34. The Hall–Kier alpha value is -0.100. The van der Waals surface area contributed by atoms with E-state index in [1.165, 1.54) is 5.56 Å². The molecule has 1 unspecified atom stereocenters. The molecule has 0 amide bonds. The maximum absolute atomic E-state index is 11.4. The van der Waals surface area contributed by atoms with Gasteiger partial charge in [-0.1, -0.05) is 0 Å². The van der Waals surface area contributed by atoms with Crippen LogP contribution in [0, 0.1) is 0 Å². The van der Waals surface area contributed by atoms with E-state index in [1.54, 1.807) is 6.26 Å². The van der Waals surface area contributed by atoms with E-state index in [0.717, 1.165) is 30.7 Å². The first kappa shape index (κ1) is 12.4. The van der Waals surface area contributed by atoms with E-state index >= 15 is 0 Å². The first-order chi connectivity index (χ1) is 7.66. The third-order valence-corrected chi connectivity index (χ3v) is 3.98. The second-order valence-corrected chi connectivity index (χ2v) is 6.04. The zero-order valence-corrected chi connectivity index (χ0v) is 11.5. The summed E-state index contributed by atoms with van der Waals surface area (Å²) in [4.78, 5) is 4.21. The second-order valence-electron chi connectivity index (χ2n) is 3.90. The van der Waals surface area contributed by atoms with Crippen LogP contribution in [0.4, 0.5) is 0 Å². The van der Waals surface area contributed by atoms with Gasteiger partial charge in [0, 0.05) is 30.5 Å². The average molecular weight is 304 g/mol. The molecule has 0 aromatic carbocycles. The topological polar surface area (TPSA) is 45.2 Å². The maximum Gasteiger partial charge on any atom is 0.245 e. The molecule has 1 aromatic rings. The lowest BCUT2D eigenvalue weighted by atomic mass is 9.93. The lowest BCUT2D eigenvalue weighted by Gasteiger charge is -2.22. The zero-order valence-electron chi connectivity index (χ0n) is 9.11. The number of hydrogen-bond donors (Lipinski definition) is 0. The van der Waals surface area contributed by atoms with Gasteiger partial charge in [0.25, 0.3) is 0 Å². The molecule has 1 aromatic heterocycles. The Morgan fingerprint density at radius 2 is 2.12 bits per heavy atom. The molecule has 3 nitrogen and oxygen atoms in total. The van der Waals surface area contributed by atoms with Gasteiger partial charge < -0.3 is 9.29 Å². The van der Waals surface area contributed by atoms with Gasteiger partial charge in [-0.2, -0.15) is 4.98 Å². The van der Waals surface area contributed by atoms with Crippen molar-refractivity contribution in [3.8, 4) is 0 Å². The summed E-state index contributed by atoms with van der Waals surface area (Å²) in [5.74, 6) is 0.510. The summed E-state index contributed by atoms with van der Waals surface area (Å²) in [6.45, 7) is 1.63. The van der Waals surface area contributed by atoms with Crippen LogP contribution < -0.4 is 0 Å². The van der Waals surface area contributed by atoms with Crippen LogP contribution in [0.15, 0.2) is 21.8 Å². The Morgan fingerprint density at radius 3 is 2.75 bits per heavy atom. The van der Waals surface area contributed by atoms with Crippen molar-refractivity contribution in [1.29, 1.82) is 0 Å². The van der Waals surface area contributed by atoms with Gasteiger partial charge >= 0.3 is 0 Å². The third-order valence-electron chi connectivity index (χ3n) is 2.78. The molecule has 16 heavy (non-hydrogen) atoms. The van der Waals surface area contributed by atoms with Gasteiger partial charge in [0.1, 0.15) is 10.9 Å². The molecular formula is C11H14BrNO2S. The van der Waals surface area contributed by atoms with Gasteiger partial charge in [0.2, 0.25) is 5.03 Å². The molecule has 0 N–H and O–H groups in total. The third kappa shape index (κ3) is 2.97. The van der Waals surface area contributed by atoms with E-state index < -0.39 is 11.2 Å². The highest BCUT2D eigenvalue weighted by Crippen LogP contribution is 2.29. The summed E-state index contributed by atoms with van der Waals surface area (Å²) in [6, 6.07) is 3.98. The molecule has 88 valence electrons. The Kier molecular flexibility index (Phi) is 4.24. The second kappa shape index (κ2) is 5.49. The summed E-state index contributed by atoms with van der Waals surface area (Å²) < 4.78 is 17.5. The molecule has 0 spiro atoms. The molecule has 1 aliphatic heterocycles. The predicted octanol–water partition coefficient (Wildman–Crippen LogP) is 2.48. The van der Waals surface area contributed by atoms with Crippen LogP contribution in [0.3, 0.4) is 0 Å². The van der Waals surface area contributed by atoms with E-state index in [9.17, 15) is 4.55 Å². The molecule has 1 atom stereocenters. The van der Waals surface area contributed by atoms with Gasteiger partial charge in [-0.25, -0.2) is 0 Å². The van der Waals surface area contributed by atoms with Crippen molar-refractivity contribution in [2.45, 2.75) is 23.8 Å². The number of pyridine rings is 1. The molecule has 0 saturated carbocycles. The van der Waals surface area contributed by atoms with Crippen LogP contribution >= 0.6 is 15.9 Å². The van der Waals surface area contributed by atoms with Crippen LogP contribution in [-0.2, 0) is 15.9 Å². The van der Waals surface area contributed by atoms with Crippen LogP contribution in [0.5, 0.6) is 0 Å². The zero-order chi connectivity index (χ0) is 11.5. The highest BCUT2D eigenvalue weighted by atomic mass is 79.9. The molecule has 0 aliphatic carbocycles. The van der Waals surface area contributed by atoms with Crippen LogP contribution in [0.2, 0.25) is 0 Å². The molecule has 2 rings (SSSR count). The maximum atomic E-state index is 11.4. The fourth-order valence-electron chi connectivity index (χ4n) is 1.91. The highest BCUT2D eigenvalue weighted by molar-refractivity contribution is 9.10. The standard InChI is InChI=1S/C11H14BrNO2S/c1-16(14)11-7-9(6-10(12)13-11)8-2-4-15-5-3-8/h6-8H,2-5H2,1H3. The monoisotopic (exact) mass is 303 g/mol. The summed E-state index contributed by atoms with van der Waals surface area (Å²) in [7, 11) is 0. The molecule has 1 fully saturated rings. The van der Waals surface area contributed by atoms with Crippen LogP contribution in [0.25, 0.3) is 0 Å². The van der Waals surface area contributed by atoms with Crippen molar-refractivity contribution in [2.75, 3.05) is 19.5 Å². The fourth-order valence-corrected chi connectivity index (χ4v) is 3.01. The minimum absolute atomic E-state index is 0.510. The lowest BCUT2D eigenvalue weighted by Crippen LogP contribution is -2.15. The molecule has 1 aliphatic rings. The first-order valence-electron chi connectivity index (χ1n) is 5.25. The minimum Gasteiger partial charge on any atom is -0.610 e. The Balaban J connectivity index is 2.25. The number of halogens is 1. The lowest BCUT2D eigenvalue weighted by molar-refractivity contribution is 0.0852. The Morgan fingerprint density at radius 1 is 1.44 bits per heavy atom. The quantitative estimate of drug-likeness (QED) is 0.623. The van der Waals surface area contributed by atoms with Gasteiger partial charge in [0.05, 0.1) is 0 Å². The van der Waals surface area contributed by atoms with Crippen molar-refractivity contribution < 1.29 is 9.29 Å². The van der Waals surface area contributed by atoms with Crippen molar-refractivity contribution in [3.63, 3.8) is 0 Å². The number of hydrogen-bond acceptors (Lipinski definition) is 3. The molecule has 2 heterocycles. The normalized spacial score (nSPS) is 19.7. The summed E-state index contributed by atoms with van der Waals surface area (Å²) in [5.41, 5.74) is 1.22. The van der Waals surface area contributed by atoms with E-state index in [1.807, 2.05) is 12.1 Å². The van der Waals surface area contributed by atoms with Crippen molar-refractivity contribution in [3.05, 3.63) is 22.3 Å². The molecule has 0 radical (unpaired) electrons. The molecule has 0 bridgehead atoms. The average Bonchev–Trinajstić information content (AvgIpc) is 2.29. The highest BCUT2D eigenvalue weighted by Gasteiger charge is 2.19. The number of aromatic nitrogens is 1. The SMILES string of the molecule is C[S+]([O-])c1cc(C2CCOCC2)cc(Br)n1. The van der Waals surface area contributed by atoms with Crippen LogP contribution in [0.1, 0.15) is 24.3 Å². The van der Waals surface area contributed by atoms with E-state index in [2.05, 4.69) is 20.9 Å². The predicted molar refractivity (Wildman–Crippen MR) is 67.1 cm³/mol. The van der Waals surface area contributed by atoms with Crippen molar-refractivity contribution in [1.82, 2.24) is 4.98 Å². The Labute approximate surface area is 107 Å².